The van der Waals surface area contributed by atoms with E-state index in [2.05, 4.69) is 6.92 Å². The van der Waals surface area contributed by atoms with E-state index in [1.165, 1.54) is 0 Å². The SMILES string of the molecule is CCC(N)C(SCC(C)CO)c1ccccc1Cl. The molecule has 102 valence electrons. The molecule has 3 unspecified atom stereocenters. The summed E-state index contributed by atoms with van der Waals surface area (Å²) in [4.78, 5) is 0. The van der Waals surface area contributed by atoms with Gasteiger partial charge in [0.25, 0.3) is 0 Å². The highest BCUT2D eigenvalue weighted by Crippen LogP contribution is 2.37. The van der Waals surface area contributed by atoms with Crippen LogP contribution < -0.4 is 5.73 Å². The Morgan fingerprint density at radius 3 is 2.61 bits per heavy atom. The number of hydrogen-bond acceptors (Lipinski definition) is 3. The fraction of sp³-hybridized carbons (Fsp3) is 0.571. The van der Waals surface area contributed by atoms with E-state index in [0.29, 0.717) is 0 Å². The number of benzene rings is 1. The van der Waals surface area contributed by atoms with Crippen molar-refractivity contribution in [3.63, 3.8) is 0 Å². The van der Waals surface area contributed by atoms with Gasteiger partial charge in [0.05, 0.1) is 0 Å². The number of aliphatic hydroxyl groups excluding tert-OH is 1. The van der Waals surface area contributed by atoms with E-state index < -0.39 is 0 Å². The van der Waals surface area contributed by atoms with Gasteiger partial charge in [-0.2, -0.15) is 11.8 Å². The molecule has 0 aliphatic carbocycles. The zero-order chi connectivity index (χ0) is 13.5. The molecule has 0 fully saturated rings. The van der Waals surface area contributed by atoms with Crippen LogP contribution in [0.25, 0.3) is 0 Å². The van der Waals surface area contributed by atoms with Crippen LogP contribution in [0.3, 0.4) is 0 Å². The summed E-state index contributed by atoms with van der Waals surface area (Å²) in [5.41, 5.74) is 7.30. The van der Waals surface area contributed by atoms with E-state index in [1.54, 1.807) is 11.8 Å². The minimum absolute atomic E-state index is 0.0841. The lowest BCUT2D eigenvalue weighted by atomic mass is 10.0. The quantitative estimate of drug-likeness (QED) is 0.807. The number of aliphatic hydroxyl groups is 1. The lowest BCUT2D eigenvalue weighted by Crippen LogP contribution is -2.26. The molecule has 0 aliphatic rings. The summed E-state index contributed by atoms with van der Waals surface area (Å²) in [5.74, 6) is 1.17. The zero-order valence-electron chi connectivity index (χ0n) is 11.0. The highest BCUT2D eigenvalue weighted by Gasteiger charge is 2.21. The topological polar surface area (TPSA) is 46.2 Å². The Morgan fingerprint density at radius 2 is 2.06 bits per heavy atom. The van der Waals surface area contributed by atoms with Crippen molar-refractivity contribution in [2.24, 2.45) is 11.7 Å². The van der Waals surface area contributed by atoms with Crippen molar-refractivity contribution >= 4 is 23.4 Å². The van der Waals surface area contributed by atoms with Gasteiger partial charge in [-0.1, -0.05) is 43.6 Å². The second-order valence-corrected chi connectivity index (χ2v) is 6.22. The van der Waals surface area contributed by atoms with Crippen molar-refractivity contribution in [3.05, 3.63) is 34.9 Å². The Balaban J connectivity index is 2.82. The van der Waals surface area contributed by atoms with Crippen LogP contribution >= 0.6 is 23.4 Å². The van der Waals surface area contributed by atoms with E-state index in [4.69, 9.17) is 22.4 Å². The van der Waals surface area contributed by atoms with Crippen LogP contribution in [0.2, 0.25) is 5.02 Å². The van der Waals surface area contributed by atoms with Gasteiger partial charge < -0.3 is 10.8 Å². The summed E-state index contributed by atoms with van der Waals surface area (Å²) >= 11 is 8.04. The van der Waals surface area contributed by atoms with E-state index in [0.717, 1.165) is 22.8 Å². The maximum atomic E-state index is 9.10. The zero-order valence-corrected chi connectivity index (χ0v) is 12.5. The molecule has 0 spiro atoms. The second-order valence-electron chi connectivity index (χ2n) is 4.64. The van der Waals surface area contributed by atoms with Crippen molar-refractivity contribution in [2.45, 2.75) is 31.6 Å². The molecule has 0 aliphatic heterocycles. The molecular formula is C14H22ClNOS. The van der Waals surface area contributed by atoms with Crippen LogP contribution in [0.5, 0.6) is 0 Å². The molecule has 1 rings (SSSR count). The summed E-state index contributed by atoms with van der Waals surface area (Å²) in [6.45, 7) is 4.34. The van der Waals surface area contributed by atoms with Crippen LogP contribution in [0, 0.1) is 5.92 Å². The molecule has 18 heavy (non-hydrogen) atoms. The van der Waals surface area contributed by atoms with Gasteiger partial charge in [-0.25, -0.2) is 0 Å². The van der Waals surface area contributed by atoms with Crippen LogP contribution in [0.15, 0.2) is 24.3 Å². The molecule has 3 N–H and O–H groups in total. The van der Waals surface area contributed by atoms with E-state index in [1.807, 2.05) is 31.2 Å². The van der Waals surface area contributed by atoms with Crippen LogP contribution in [0.1, 0.15) is 31.1 Å². The number of thioether (sulfide) groups is 1. The Hall–Kier alpha value is -0.220. The standard InChI is InChI=1S/C14H22ClNOS/c1-3-13(16)14(18-9-10(2)8-17)11-6-4-5-7-12(11)15/h4-7,10,13-14,17H,3,8-9,16H2,1-2H3. The average molecular weight is 288 g/mol. The van der Waals surface area contributed by atoms with Crippen molar-refractivity contribution in [1.29, 1.82) is 0 Å². The summed E-state index contributed by atoms with van der Waals surface area (Å²) in [6, 6.07) is 7.95. The maximum Gasteiger partial charge on any atom is 0.0464 e. The van der Waals surface area contributed by atoms with Gasteiger partial charge >= 0.3 is 0 Å². The molecular weight excluding hydrogens is 266 g/mol. The summed E-state index contributed by atoms with van der Waals surface area (Å²) in [6.07, 6.45) is 0.913. The predicted octanol–water partition coefficient (Wildman–Crippen LogP) is 3.48. The lowest BCUT2D eigenvalue weighted by Gasteiger charge is -2.25. The molecule has 2 nitrogen and oxygen atoms in total. The molecule has 0 aromatic heterocycles. The van der Waals surface area contributed by atoms with Gasteiger partial charge in [0, 0.05) is 22.9 Å². The second kappa shape index (κ2) is 8.05. The van der Waals surface area contributed by atoms with Gasteiger partial charge in [-0.15, -0.1) is 0 Å². The number of rotatable bonds is 7. The van der Waals surface area contributed by atoms with Crippen LogP contribution in [-0.2, 0) is 0 Å². The van der Waals surface area contributed by atoms with Crippen molar-refractivity contribution in [3.8, 4) is 0 Å². The fourth-order valence-electron chi connectivity index (χ4n) is 1.68. The van der Waals surface area contributed by atoms with Crippen molar-refractivity contribution in [1.82, 2.24) is 0 Å². The van der Waals surface area contributed by atoms with E-state index in [9.17, 15) is 0 Å². The largest absolute Gasteiger partial charge is 0.396 e. The van der Waals surface area contributed by atoms with Gasteiger partial charge in [0.1, 0.15) is 0 Å². The van der Waals surface area contributed by atoms with Gasteiger partial charge in [0.15, 0.2) is 0 Å². The molecule has 0 radical (unpaired) electrons. The van der Waals surface area contributed by atoms with Crippen molar-refractivity contribution in [2.75, 3.05) is 12.4 Å². The van der Waals surface area contributed by atoms with Gasteiger partial charge in [0.2, 0.25) is 0 Å². The number of halogens is 1. The minimum atomic E-state index is 0.0841. The Kier molecular flexibility index (Phi) is 7.08. The van der Waals surface area contributed by atoms with E-state index in [-0.39, 0.29) is 23.8 Å². The number of nitrogens with two attached hydrogens (primary N) is 1. The molecule has 3 atom stereocenters. The third-order valence-electron chi connectivity index (χ3n) is 2.94. The molecule has 1 aromatic carbocycles. The summed E-state index contributed by atoms with van der Waals surface area (Å²) in [7, 11) is 0. The predicted molar refractivity (Wildman–Crippen MR) is 81.2 cm³/mol. The Morgan fingerprint density at radius 1 is 1.39 bits per heavy atom. The molecule has 4 heteroatoms. The molecule has 0 amide bonds. The fourth-order valence-corrected chi connectivity index (χ4v) is 3.47. The average Bonchev–Trinajstić information content (AvgIpc) is 2.40. The van der Waals surface area contributed by atoms with Crippen molar-refractivity contribution < 1.29 is 5.11 Å². The Bertz CT molecular complexity index is 361. The normalized spacial score (nSPS) is 16.3. The molecule has 0 bridgehead atoms. The first-order valence-corrected chi connectivity index (χ1v) is 7.75. The maximum absolute atomic E-state index is 9.10. The third kappa shape index (κ3) is 4.47. The van der Waals surface area contributed by atoms with Gasteiger partial charge in [-0.05, 0) is 29.7 Å². The van der Waals surface area contributed by atoms with Gasteiger partial charge in [-0.3, -0.25) is 0 Å². The highest BCUT2D eigenvalue weighted by molar-refractivity contribution is 7.99. The van der Waals surface area contributed by atoms with Crippen LogP contribution in [0.4, 0.5) is 0 Å². The first-order chi connectivity index (χ1) is 8.60. The molecule has 1 aromatic rings. The first-order valence-electron chi connectivity index (χ1n) is 6.32. The first kappa shape index (κ1) is 15.8. The summed E-state index contributed by atoms with van der Waals surface area (Å²) in [5, 5.41) is 10.1. The van der Waals surface area contributed by atoms with E-state index >= 15 is 0 Å². The molecule has 0 heterocycles. The lowest BCUT2D eigenvalue weighted by molar-refractivity contribution is 0.250. The monoisotopic (exact) mass is 287 g/mol. The highest BCUT2D eigenvalue weighted by atomic mass is 35.5. The Labute approximate surface area is 119 Å². The minimum Gasteiger partial charge on any atom is -0.396 e. The molecule has 0 saturated carbocycles. The summed E-state index contributed by atoms with van der Waals surface area (Å²) < 4.78 is 0. The smallest absolute Gasteiger partial charge is 0.0464 e. The molecule has 0 saturated heterocycles. The van der Waals surface area contributed by atoms with Crippen LogP contribution in [-0.4, -0.2) is 23.5 Å². The number of hydrogen-bond donors (Lipinski definition) is 2. The third-order valence-corrected chi connectivity index (χ3v) is 5.01.